The van der Waals surface area contributed by atoms with Crippen LogP contribution >= 0.6 is 0 Å². The van der Waals surface area contributed by atoms with Crippen LogP contribution in [0.4, 0.5) is 13.2 Å². The Balaban J connectivity index is 2.30. The van der Waals surface area contributed by atoms with E-state index in [0.717, 1.165) is 0 Å². The van der Waals surface area contributed by atoms with E-state index in [4.69, 9.17) is 5.11 Å². The predicted octanol–water partition coefficient (Wildman–Crippen LogP) is 1.87. The lowest BCUT2D eigenvalue weighted by atomic mass is 9.95. The van der Waals surface area contributed by atoms with E-state index in [-0.39, 0.29) is 0 Å². The number of alkyl halides is 3. The molecule has 1 fully saturated rings. The number of hydrogen-bond donors (Lipinski definition) is 1. The normalized spacial score (nSPS) is 30.5. The van der Waals surface area contributed by atoms with Gasteiger partial charge in [0.15, 0.2) is 6.67 Å². The van der Waals surface area contributed by atoms with Crippen LogP contribution < -0.4 is 0 Å². The van der Waals surface area contributed by atoms with E-state index in [2.05, 4.69) is 4.74 Å². The average molecular weight is 198 g/mol. The van der Waals surface area contributed by atoms with Gasteiger partial charge in [0.2, 0.25) is 0 Å². The smallest absolute Gasteiger partial charge is 0.384 e. The highest BCUT2D eigenvalue weighted by atomic mass is 19.3. The first kappa shape index (κ1) is 10.8. The molecule has 0 aromatic carbocycles. The minimum Gasteiger partial charge on any atom is -0.393 e. The van der Waals surface area contributed by atoms with E-state index in [1.165, 1.54) is 0 Å². The lowest BCUT2D eigenvalue weighted by Crippen LogP contribution is -2.33. The van der Waals surface area contributed by atoms with Gasteiger partial charge < -0.3 is 9.84 Å². The maximum absolute atomic E-state index is 12.4. The molecule has 0 aromatic rings. The van der Waals surface area contributed by atoms with Crippen LogP contribution in [0.2, 0.25) is 0 Å². The number of halogens is 3. The minimum atomic E-state index is -3.66. The third-order valence-electron chi connectivity index (χ3n) is 2.14. The van der Waals surface area contributed by atoms with Crippen molar-refractivity contribution in [3.63, 3.8) is 0 Å². The van der Waals surface area contributed by atoms with Crippen molar-refractivity contribution in [2.24, 2.45) is 0 Å². The van der Waals surface area contributed by atoms with Crippen molar-refractivity contribution in [1.82, 2.24) is 0 Å². The predicted molar refractivity (Wildman–Crippen MR) is 40.3 cm³/mol. The zero-order chi connectivity index (χ0) is 9.90. The SMILES string of the molecule is OC1CCC(OC(F)(F)CF)CC1. The van der Waals surface area contributed by atoms with Crippen molar-refractivity contribution in [2.75, 3.05) is 6.67 Å². The Morgan fingerprint density at radius 2 is 1.77 bits per heavy atom. The molecule has 5 heteroatoms. The van der Waals surface area contributed by atoms with Gasteiger partial charge in [-0.1, -0.05) is 0 Å². The van der Waals surface area contributed by atoms with Crippen LogP contribution in [0.15, 0.2) is 0 Å². The largest absolute Gasteiger partial charge is 0.393 e. The van der Waals surface area contributed by atoms with E-state index >= 15 is 0 Å². The zero-order valence-corrected chi connectivity index (χ0v) is 7.18. The fraction of sp³-hybridized carbons (Fsp3) is 1.00. The van der Waals surface area contributed by atoms with Crippen LogP contribution in [-0.4, -0.2) is 30.1 Å². The van der Waals surface area contributed by atoms with Gasteiger partial charge in [-0.3, -0.25) is 0 Å². The summed E-state index contributed by atoms with van der Waals surface area (Å²) < 4.78 is 40.7. The molecule has 0 amide bonds. The topological polar surface area (TPSA) is 29.5 Å². The highest BCUT2D eigenvalue weighted by molar-refractivity contribution is 4.72. The van der Waals surface area contributed by atoms with Crippen LogP contribution in [0, 0.1) is 0 Å². The number of aliphatic hydroxyl groups is 1. The van der Waals surface area contributed by atoms with Gasteiger partial charge in [-0.2, -0.15) is 8.78 Å². The molecule has 0 atom stereocenters. The molecule has 0 heterocycles. The summed E-state index contributed by atoms with van der Waals surface area (Å²) in [6.45, 7) is -1.79. The lowest BCUT2D eigenvalue weighted by Gasteiger charge is -2.27. The van der Waals surface area contributed by atoms with E-state index < -0.39 is 25.0 Å². The number of ether oxygens (including phenoxy) is 1. The Bertz CT molecular complexity index is 155. The molecule has 1 rings (SSSR count). The lowest BCUT2D eigenvalue weighted by molar-refractivity contribution is -0.274. The van der Waals surface area contributed by atoms with Gasteiger partial charge in [-0.05, 0) is 25.7 Å². The summed E-state index contributed by atoms with van der Waals surface area (Å²) in [5, 5.41) is 9.07. The molecule has 13 heavy (non-hydrogen) atoms. The van der Waals surface area contributed by atoms with Crippen molar-refractivity contribution < 1.29 is 23.0 Å². The van der Waals surface area contributed by atoms with Crippen LogP contribution in [0.1, 0.15) is 25.7 Å². The van der Waals surface area contributed by atoms with Gasteiger partial charge >= 0.3 is 6.11 Å². The van der Waals surface area contributed by atoms with Gasteiger partial charge in [0.1, 0.15) is 0 Å². The minimum absolute atomic E-state index is 0.372. The fourth-order valence-corrected chi connectivity index (χ4v) is 1.44. The molecule has 0 aromatic heterocycles. The second kappa shape index (κ2) is 4.28. The number of hydrogen-bond acceptors (Lipinski definition) is 2. The summed E-state index contributed by atoms with van der Waals surface area (Å²) in [6, 6.07) is 0. The van der Waals surface area contributed by atoms with Gasteiger partial charge in [0.25, 0.3) is 0 Å². The number of aliphatic hydroxyl groups excluding tert-OH is 1. The first-order valence-electron chi connectivity index (χ1n) is 4.33. The standard InChI is InChI=1S/C8H13F3O2/c9-5-8(10,11)13-7-3-1-6(12)2-4-7/h6-7,12H,1-5H2. The summed E-state index contributed by atoms with van der Waals surface area (Å²) in [7, 11) is 0. The summed E-state index contributed by atoms with van der Waals surface area (Å²) in [6.07, 6.45) is -3.05. The first-order valence-corrected chi connectivity index (χ1v) is 4.33. The Morgan fingerprint density at radius 3 is 2.23 bits per heavy atom. The van der Waals surface area contributed by atoms with Gasteiger partial charge in [-0.25, -0.2) is 4.39 Å². The van der Waals surface area contributed by atoms with Crippen LogP contribution in [-0.2, 0) is 4.74 Å². The van der Waals surface area contributed by atoms with Crippen LogP contribution in [0.5, 0.6) is 0 Å². The first-order chi connectivity index (χ1) is 6.03. The van der Waals surface area contributed by atoms with Crippen molar-refractivity contribution in [3.05, 3.63) is 0 Å². The molecule has 0 saturated heterocycles. The highest BCUT2D eigenvalue weighted by Gasteiger charge is 2.35. The van der Waals surface area contributed by atoms with E-state index in [1.54, 1.807) is 0 Å². The van der Waals surface area contributed by atoms with E-state index in [1.807, 2.05) is 0 Å². The average Bonchev–Trinajstić information content (AvgIpc) is 2.09. The molecule has 1 N–H and O–H groups in total. The molecular weight excluding hydrogens is 185 g/mol. The summed E-state index contributed by atoms with van der Waals surface area (Å²) >= 11 is 0. The quantitative estimate of drug-likeness (QED) is 0.750. The molecule has 0 spiro atoms. The van der Waals surface area contributed by atoms with Crippen LogP contribution in [0.3, 0.4) is 0 Å². The molecular formula is C8H13F3O2. The Morgan fingerprint density at radius 1 is 1.23 bits per heavy atom. The molecule has 0 unspecified atom stereocenters. The van der Waals surface area contributed by atoms with E-state index in [9.17, 15) is 13.2 Å². The third-order valence-corrected chi connectivity index (χ3v) is 2.14. The Kier molecular flexibility index (Phi) is 3.55. The number of rotatable bonds is 3. The maximum Gasteiger partial charge on any atom is 0.384 e. The molecule has 1 aliphatic rings. The highest BCUT2D eigenvalue weighted by Crippen LogP contribution is 2.27. The van der Waals surface area contributed by atoms with Crippen molar-refractivity contribution in [1.29, 1.82) is 0 Å². The molecule has 0 radical (unpaired) electrons. The van der Waals surface area contributed by atoms with Crippen molar-refractivity contribution >= 4 is 0 Å². The molecule has 78 valence electrons. The second-order valence-electron chi connectivity index (χ2n) is 3.32. The summed E-state index contributed by atoms with van der Waals surface area (Å²) in [5.41, 5.74) is 0. The third kappa shape index (κ3) is 3.52. The van der Waals surface area contributed by atoms with Gasteiger partial charge in [0.05, 0.1) is 12.2 Å². The molecule has 0 aliphatic heterocycles. The molecule has 1 saturated carbocycles. The van der Waals surface area contributed by atoms with Crippen molar-refractivity contribution in [3.8, 4) is 0 Å². The summed E-state index contributed by atoms with van der Waals surface area (Å²) in [5.74, 6) is 0. The maximum atomic E-state index is 12.4. The van der Waals surface area contributed by atoms with E-state index in [0.29, 0.717) is 25.7 Å². The van der Waals surface area contributed by atoms with Crippen LogP contribution in [0.25, 0.3) is 0 Å². The zero-order valence-electron chi connectivity index (χ0n) is 7.18. The molecule has 1 aliphatic carbocycles. The molecule has 2 nitrogen and oxygen atoms in total. The Hall–Kier alpha value is -0.290. The monoisotopic (exact) mass is 198 g/mol. The molecule has 0 bridgehead atoms. The van der Waals surface area contributed by atoms with Gasteiger partial charge in [-0.15, -0.1) is 0 Å². The second-order valence-corrected chi connectivity index (χ2v) is 3.32. The van der Waals surface area contributed by atoms with Gasteiger partial charge in [0, 0.05) is 0 Å². The van der Waals surface area contributed by atoms with Crippen molar-refractivity contribution in [2.45, 2.75) is 44.0 Å². The fourth-order valence-electron chi connectivity index (χ4n) is 1.44. The summed E-state index contributed by atoms with van der Waals surface area (Å²) in [4.78, 5) is 0. The Labute approximate surface area is 74.7 Å².